The summed E-state index contributed by atoms with van der Waals surface area (Å²) < 4.78 is 20.0. The van der Waals surface area contributed by atoms with Gasteiger partial charge in [0.05, 0.1) is 6.04 Å². The number of piperidine rings is 1. The molecule has 0 aromatic heterocycles. The van der Waals surface area contributed by atoms with Crippen molar-refractivity contribution in [2.75, 3.05) is 26.2 Å². The lowest BCUT2D eigenvalue weighted by Crippen LogP contribution is -2.43. The molecule has 3 aliphatic rings. The molecule has 0 saturated carbocycles. The second-order valence-electron chi connectivity index (χ2n) is 9.77. The summed E-state index contributed by atoms with van der Waals surface area (Å²) >= 11 is 0. The number of benzene rings is 3. The summed E-state index contributed by atoms with van der Waals surface area (Å²) in [6, 6.07) is 26.9. The Labute approximate surface area is 200 Å². The number of aliphatic imine (C=N–C) groups is 1. The number of fused-ring (bicyclic) bond motifs is 1. The smallest absolute Gasteiger partial charge is 0.288 e. The van der Waals surface area contributed by atoms with Crippen LogP contribution in [0, 0.1) is 5.82 Å². The Balaban J connectivity index is 1.23. The molecule has 1 spiro atoms. The van der Waals surface area contributed by atoms with Crippen LogP contribution in [0.5, 0.6) is 0 Å². The highest BCUT2D eigenvalue weighted by Gasteiger charge is 2.43. The summed E-state index contributed by atoms with van der Waals surface area (Å²) in [4.78, 5) is 10.0. The zero-order valence-electron chi connectivity index (χ0n) is 19.4. The topological polar surface area (TPSA) is 28.1 Å². The first-order chi connectivity index (χ1) is 16.7. The standard InChI is InChI=1S/C29H30FN3O/c30-25-12-10-24(11-13-25)27-26-9-5-4-8-23(26)14-17-33(27)28-31-29(21-34-28)15-18-32(19-16-29)20-22-6-2-1-3-7-22/h1-13,27H,14-21H2/t27-/m0/s1. The van der Waals surface area contributed by atoms with E-state index in [1.54, 1.807) is 12.1 Å². The second kappa shape index (κ2) is 8.88. The van der Waals surface area contributed by atoms with Gasteiger partial charge >= 0.3 is 0 Å². The van der Waals surface area contributed by atoms with E-state index in [0.29, 0.717) is 6.61 Å². The predicted octanol–water partition coefficient (Wildman–Crippen LogP) is 5.19. The number of ether oxygens (including phenoxy) is 1. The fraction of sp³-hybridized carbons (Fsp3) is 0.345. The van der Waals surface area contributed by atoms with Crippen LogP contribution < -0.4 is 0 Å². The van der Waals surface area contributed by atoms with Crippen molar-refractivity contribution in [2.45, 2.75) is 37.4 Å². The lowest BCUT2D eigenvalue weighted by atomic mass is 9.88. The van der Waals surface area contributed by atoms with Crippen molar-refractivity contribution in [2.24, 2.45) is 4.99 Å². The zero-order chi connectivity index (χ0) is 23.0. The van der Waals surface area contributed by atoms with Gasteiger partial charge in [0.1, 0.15) is 18.0 Å². The number of halogens is 1. The summed E-state index contributed by atoms with van der Waals surface area (Å²) in [7, 11) is 0. The highest BCUT2D eigenvalue weighted by molar-refractivity contribution is 5.78. The highest BCUT2D eigenvalue weighted by atomic mass is 19.1. The van der Waals surface area contributed by atoms with E-state index in [2.05, 4.69) is 64.4 Å². The summed E-state index contributed by atoms with van der Waals surface area (Å²) in [6.45, 7) is 4.53. The minimum absolute atomic E-state index is 0.0161. The van der Waals surface area contributed by atoms with Crippen molar-refractivity contribution < 1.29 is 9.13 Å². The molecule has 0 N–H and O–H groups in total. The molecule has 3 aromatic rings. The van der Waals surface area contributed by atoms with Crippen LogP contribution in [-0.2, 0) is 17.7 Å². The van der Waals surface area contributed by atoms with E-state index in [1.807, 2.05) is 12.1 Å². The molecule has 3 aromatic carbocycles. The lowest BCUT2D eigenvalue weighted by Gasteiger charge is -2.38. The van der Waals surface area contributed by atoms with Gasteiger partial charge in [0.15, 0.2) is 0 Å². The first-order valence-corrected chi connectivity index (χ1v) is 12.3. The van der Waals surface area contributed by atoms with Crippen LogP contribution in [0.15, 0.2) is 83.9 Å². The summed E-state index contributed by atoms with van der Waals surface area (Å²) in [6.07, 6.45) is 2.97. The van der Waals surface area contributed by atoms with Crippen molar-refractivity contribution in [3.63, 3.8) is 0 Å². The molecule has 3 aliphatic heterocycles. The Kier molecular flexibility index (Phi) is 5.58. The van der Waals surface area contributed by atoms with Crippen molar-refractivity contribution >= 4 is 6.02 Å². The molecular formula is C29H30FN3O. The van der Waals surface area contributed by atoms with Gasteiger partial charge < -0.3 is 9.64 Å². The quantitative estimate of drug-likeness (QED) is 0.544. The molecule has 174 valence electrons. The zero-order valence-corrected chi connectivity index (χ0v) is 19.4. The Morgan fingerprint density at radius 2 is 1.62 bits per heavy atom. The normalized spacial score (nSPS) is 21.7. The maximum absolute atomic E-state index is 13.7. The number of amidine groups is 1. The molecule has 1 atom stereocenters. The maximum Gasteiger partial charge on any atom is 0.288 e. The Bertz CT molecular complexity index is 1170. The van der Waals surface area contributed by atoms with E-state index in [4.69, 9.17) is 9.73 Å². The van der Waals surface area contributed by atoms with Gasteiger partial charge in [-0.25, -0.2) is 9.38 Å². The average molecular weight is 456 g/mol. The van der Waals surface area contributed by atoms with Crippen LogP contribution in [0.3, 0.4) is 0 Å². The molecule has 0 amide bonds. The van der Waals surface area contributed by atoms with Crippen molar-refractivity contribution in [1.82, 2.24) is 9.80 Å². The van der Waals surface area contributed by atoms with E-state index in [1.165, 1.54) is 16.7 Å². The van der Waals surface area contributed by atoms with E-state index in [-0.39, 0.29) is 17.4 Å². The van der Waals surface area contributed by atoms with Gasteiger partial charge in [-0.3, -0.25) is 4.90 Å². The van der Waals surface area contributed by atoms with E-state index in [9.17, 15) is 4.39 Å². The lowest BCUT2D eigenvalue weighted by molar-refractivity contribution is 0.125. The van der Waals surface area contributed by atoms with Gasteiger partial charge in [0.25, 0.3) is 6.02 Å². The van der Waals surface area contributed by atoms with Gasteiger partial charge in [-0.2, -0.15) is 0 Å². The molecule has 5 heteroatoms. The molecule has 0 bridgehead atoms. The van der Waals surface area contributed by atoms with Crippen LogP contribution in [0.2, 0.25) is 0 Å². The average Bonchev–Trinajstić information content (AvgIpc) is 3.29. The third kappa shape index (κ3) is 4.09. The second-order valence-corrected chi connectivity index (χ2v) is 9.77. The summed E-state index contributed by atoms with van der Waals surface area (Å²) in [5, 5.41) is 0. The van der Waals surface area contributed by atoms with Gasteiger partial charge in [-0.05, 0) is 53.6 Å². The van der Waals surface area contributed by atoms with Crippen molar-refractivity contribution in [3.05, 3.63) is 107 Å². The number of hydrogen-bond acceptors (Lipinski definition) is 4. The largest absolute Gasteiger partial charge is 0.463 e. The number of likely N-dealkylation sites (tertiary alicyclic amines) is 1. The van der Waals surface area contributed by atoms with Gasteiger partial charge in [-0.1, -0.05) is 66.7 Å². The summed E-state index contributed by atoms with van der Waals surface area (Å²) in [5.74, 6) is -0.213. The van der Waals surface area contributed by atoms with Crippen LogP contribution >= 0.6 is 0 Å². The van der Waals surface area contributed by atoms with Crippen LogP contribution in [-0.4, -0.2) is 47.6 Å². The molecule has 1 fully saturated rings. The van der Waals surface area contributed by atoms with Gasteiger partial charge in [0.2, 0.25) is 0 Å². The van der Waals surface area contributed by atoms with Crippen molar-refractivity contribution in [3.8, 4) is 0 Å². The minimum Gasteiger partial charge on any atom is -0.463 e. The fourth-order valence-corrected chi connectivity index (χ4v) is 5.62. The SMILES string of the molecule is Fc1ccc([C@H]2c3ccccc3CCN2C2=NC3(CCN(Cc4ccccc4)CC3)CO2)cc1. The van der Waals surface area contributed by atoms with E-state index < -0.39 is 0 Å². The van der Waals surface area contributed by atoms with Crippen LogP contribution in [0.1, 0.15) is 41.1 Å². The molecule has 0 unspecified atom stereocenters. The first kappa shape index (κ1) is 21.4. The molecule has 6 rings (SSSR count). The first-order valence-electron chi connectivity index (χ1n) is 12.3. The molecule has 4 nitrogen and oxygen atoms in total. The maximum atomic E-state index is 13.7. The third-order valence-electron chi connectivity index (χ3n) is 7.55. The molecule has 0 aliphatic carbocycles. The fourth-order valence-electron chi connectivity index (χ4n) is 5.62. The van der Waals surface area contributed by atoms with Crippen LogP contribution in [0.4, 0.5) is 4.39 Å². The Morgan fingerprint density at radius 3 is 2.41 bits per heavy atom. The molecule has 3 heterocycles. The predicted molar refractivity (Wildman–Crippen MR) is 132 cm³/mol. The Hall–Kier alpha value is -3.18. The van der Waals surface area contributed by atoms with E-state index in [0.717, 1.165) is 57.0 Å². The molecule has 0 radical (unpaired) electrons. The van der Waals surface area contributed by atoms with E-state index >= 15 is 0 Å². The Morgan fingerprint density at radius 1 is 0.882 bits per heavy atom. The summed E-state index contributed by atoms with van der Waals surface area (Å²) in [5.41, 5.74) is 4.89. The number of hydrogen-bond donors (Lipinski definition) is 0. The van der Waals surface area contributed by atoms with Gasteiger partial charge in [0, 0.05) is 26.2 Å². The van der Waals surface area contributed by atoms with Gasteiger partial charge in [-0.15, -0.1) is 0 Å². The van der Waals surface area contributed by atoms with Crippen LogP contribution in [0.25, 0.3) is 0 Å². The highest BCUT2D eigenvalue weighted by Crippen LogP contribution is 2.39. The molecular weight excluding hydrogens is 425 g/mol. The molecule has 34 heavy (non-hydrogen) atoms. The molecule has 1 saturated heterocycles. The third-order valence-corrected chi connectivity index (χ3v) is 7.55. The monoisotopic (exact) mass is 455 g/mol. The number of nitrogens with zero attached hydrogens (tertiary/aromatic N) is 3. The minimum atomic E-state index is -0.213. The van der Waals surface area contributed by atoms with Crippen molar-refractivity contribution in [1.29, 1.82) is 0 Å². The number of rotatable bonds is 3.